The molecule has 7 nitrogen and oxygen atoms in total. The number of aryl methyl sites for hydroxylation is 2. The first-order valence-corrected chi connectivity index (χ1v) is 10.3. The molecule has 0 aliphatic heterocycles. The topological polar surface area (TPSA) is 85.8 Å². The van der Waals surface area contributed by atoms with Crippen LogP contribution in [0.2, 0.25) is 10.0 Å². The Morgan fingerprint density at radius 2 is 1.77 bits per heavy atom. The smallest absolute Gasteiger partial charge is 0.278 e. The van der Waals surface area contributed by atoms with Gasteiger partial charge in [-0.2, -0.15) is 0 Å². The average molecular weight is 456 g/mol. The predicted octanol–water partition coefficient (Wildman–Crippen LogP) is 5.47. The number of rotatable bonds is 5. The fourth-order valence-corrected chi connectivity index (χ4v) is 3.36. The van der Waals surface area contributed by atoms with Gasteiger partial charge in [0.2, 0.25) is 5.89 Å². The van der Waals surface area contributed by atoms with Gasteiger partial charge in [-0.05, 0) is 62.7 Å². The van der Waals surface area contributed by atoms with Crippen molar-refractivity contribution in [3.63, 3.8) is 0 Å². The second-order valence-corrected chi connectivity index (χ2v) is 8.00. The zero-order valence-electron chi connectivity index (χ0n) is 17.1. The van der Waals surface area contributed by atoms with Crippen molar-refractivity contribution < 1.29 is 9.21 Å². The van der Waals surface area contributed by atoms with Crippen LogP contribution in [0.25, 0.3) is 11.5 Å². The number of hydrogen-bond donors (Lipinski definition) is 1. The van der Waals surface area contributed by atoms with E-state index in [0.29, 0.717) is 45.3 Å². The van der Waals surface area contributed by atoms with E-state index in [2.05, 4.69) is 20.6 Å². The van der Waals surface area contributed by atoms with Crippen LogP contribution in [0.4, 0.5) is 5.69 Å². The van der Waals surface area contributed by atoms with Gasteiger partial charge in [0, 0.05) is 21.3 Å². The zero-order valence-corrected chi connectivity index (χ0v) is 18.6. The Labute approximate surface area is 189 Å². The number of nitrogens with zero attached hydrogens (tertiary/aromatic N) is 4. The molecule has 0 radical (unpaired) electrons. The van der Waals surface area contributed by atoms with E-state index in [1.807, 2.05) is 32.0 Å². The molecule has 31 heavy (non-hydrogen) atoms. The Morgan fingerprint density at radius 1 is 1.06 bits per heavy atom. The Balaban J connectivity index is 1.54. The molecule has 1 amide bonds. The van der Waals surface area contributed by atoms with Gasteiger partial charge >= 0.3 is 0 Å². The van der Waals surface area contributed by atoms with Gasteiger partial charge in [-0.15, -0.1) is 5.10 Å². The van der Waals surface area contributed by atoms with Crippen molar-refractivity contribution in [2.45, 2.75) is 27.3 Å². The molecule has 0 saturated carbocycles. The molecule has 0 spiro atoms. The van der Waals surface area contributed by atoms with E-state index in [1.165, 1.54) is 0 Å². The molecule has 4 aromatic rings. The maximum atomic E-state index is 12.7. The highest BCUT2D eigenvalue weighted by Gasteiger charge is 2.20. The third-order valence-corrected chi connectivity index (χ3v) is 5.42. The van der Waals surface area contributed by atoms with E-state index in [1.54, 1.807) is 35.9 Å². The maximum absolute atomic E-state index is 12.7. The summed E-state index contributed by atoms with van der Waals surface area (Å²) in [6, 6.07) is 12.6. The highest BCUT2D eigenvalue weighted by Crippen LogP contribution is 2.24. The van der Waals surface area contributed by atoms with Gasteiger partial charge in [-0.1, -0.05) is 34.5 Å². The minimum atomic E-state index is -0.354. The molecule has 2 heterocycles. The highest BCUT2D eigenvalue weighted by molar-refractivity contribution is 6.31. The van der Waals surface area contributed by atoms with Gasteiger partial charge in [0.05, 0.1) is 12.2 Å². The predicted molar refractivity (Wildman–Crippen MR) is 120 cm³/mol. The van der Waals surface area contributed by atoms with E-state index in [-0.39, 0.29) is 11.6 Å². The van der Waals surface area contributed by atoms with Crippen molar-refractivity contribution in [2.75, 3.05) is 5.32 Å². The summed E-state index contributed by atoms with van der Waals surface area (Å²) in [5, 5.41) is 12.2. The van der Waals surface area contributed by atoms with Crippen molar-refractivity contribution >= 4 is 34.8 Å². The van der Waals surface area contributed by atoms with E-state index < -0.39 is 0 Å². The lowest BCUT2D eigenvalue weighted by atomic mass is 10.2. The zero-order chi connectivity index (χ0) is 22.1. The monoisotopic (exact) mass is 455 g/mol. The van der Waals surface area contributed by atoms with E-state index >= 15 is 0 Å². The number of amides is 1. The van der Waals surface area contributed by atoms with Crippen LogP contribution >= 0.6 is 23.2 Å². The number of aromatic nitrogens is 4. The van der Waals surface area contributed by atoms with Gasteiger partial charge in [0.15, 0.2) is 5.69 Å². The largest absolute Gasteiger partial charge is 0.441 e. The van der Waals surface area contributed by atoms with Crippen LogP contribution in [0, 0.1) is 20.8 Å². The Hall–Kier alpha value is -3.16. The van der Waals surface area contributed by atoms with Crippen molar-refractivity contribution in [3.8, 4) is 11.5 Å². The number of hydrogen-bond acceptors (Lipinski definition) is 5. The second-order valence-electron chi connectivity index (χ2n) is 7.12. The van der Waals surface area contributed by atoms with E-state index in [0.717, 1.165) is 11.1 Å². The van der Waals surface area contributed by atoms with Crippen molar-refractivity contribution in [1.29, 1.82) is 0 Å². The van der Waals surface area contributed by atoms with E-state index in [4.69, 9.17) is 27.6 Å². The fourth-order valence-electron chi connectivity index (χ4n) is 3.06. The van der Waals surface area contributed by atoms with Crippen molar-refractivity contribution in [2.24, 2.45) is 0 Å². The van der Waals surface area contributed by atoms with Crippen LogP contribution in [0.1, 0.15) is 33.2 Å². The van der Waals surface area contributed by atoms with Gasteiger partial charge < -0.3 is 9.73 Å². The number of oxazole rings is 1. The van der Waals surface area contributed by atoms with Crippen molar-refractivity contribution in [3.05, 3.63) is 80.9 Å². The van der Waals surface area contributed by atoms with Crippen LogP contribution < -0.4 is 5.32 Å². The lowest BCUT2D eigenvalue weighted by molar-refractivity contribution is 0.102. The Morgan fingerprint density at radius 3 is 2.52 bits per heavy atom. The number of nitrogens with one attached hydrogen (secondary N) is 1. The van der Waals surface area contributed by atoms with Gasteiger partial charge in [0.1, 0.15) is 11.5 Å². The summed E-state index contributed by atoms with van der Waals surface area (Å²) < 4.78 is 7.42. The normalized spacial score (nSPS) is 11.0. The first kappa shape index (κ1) is 21.1. The third-order valence-electron chi connectivity index (χ3n) is 4.93. The Kier molecular flexibility index (Phi) is 5.80. The summed E-state index contributed by atoms with van der Waals surface area (Å²) in [5.74, 6) is 0.810. The second kappa shape index (κ2) is 8.53. The van der Waals surface area contributed by atoms with E-state index in [9.17, 15) is 4.79 Å². The molecule has 0 aliphatic rings. The van der Waals surface area contributed by atoms with Crippen LogP contribution in [0.5, 0.6) is 0 Å². The summed E-state index contributed by atoms with van der Waals surface area (Å²) in [4.78, 5) is 17.3. The molecule has 0 aliphatic carbocycles. The summed E-state index contributed by atoms with van der Waals surface area (Å²) >= 11 is 12.0. The minimum absolute atomic E-state index is 0.235. The maximum Gasteiger partial charge on any atom is 0.278 e. The van der Waals surface area contributed by atoms with Crippen LogP contribution in [-0.2, 0) is 6.54 Å². The van der Waals surface area contributed by atoms with Crippen molar-refractivity contribution in [1.82, 2.24) is 20.0 Å². The fraction of sp³-hybridized carbons (Fsp3) is 0.182. The number of carbonyl (C=O) groups excluding carboxylic acids is 1. The van der Waals surface area contributed by atoms with Crippen LogP contribution in [0.15, 0.2) is 46.9 Å². The van der Waals surface area contributed by atoms with Gasteiger partial charge in [-0.25, -0.2) is 9.67 Å². The summed E-state index contributed by atoms with van der Waals surface area (Å²) in [6.07, 6.45) is 0. The number of halogens is 2. The molecule has 2 aromatic heterocycles. The first-order valence-electron chi connectivity index (χ1n) is 9.51. The minimum Gasteiger partial charge on any atom is -0.441 e. The molecule has 0 saturated heterocycles. The average Bonchev–Trinajstić information content (AvgIpc) is 3.28. The van der Waals surface area contributed by atoms with Crippen LogP contribution in [0.3, 0.4) is 0 Å². The first-order chi connectivity index (χ1) is 14.8. The molecule has 2 aromatic carbocycles. The third kappa shape index (κ3) is 4.47. The molecule has 9 heteroatoms. The molecule has 0 unspecified atom stereocenters. The van der Waals surface area contributed by atoms with Gasteiger partial charge in [-0.3, -0.25) is 4.79 Å². The standard InChI is InChI=1S/C22H19Cl2N5O2/c1-12-4-7-17(24)10-18(12)25-21(30)20-13(2)29(28-27-20)11-19-14(3)31-22(26-19)15-5-8-16(23)9-6-15/h4-10H,11H2,1-3H3,(H,25,30). The summed E-state index contributed by atoms with van der Waals surface area (Å²) in [6.45, 7) is 5.84. The SMILES string of the molecule is Cc1ccc(Cl)cc1NC(=O)c1nnn(Cc2nc(-c3ccc(Cl)cc3)oc2C)c1C. The van der Waals surface area contributed by atoms with Gasteiger partial charge in [0.25, 0.3) is 5.91 Å². The van der Waals surface area contributed by atoms with Crippen LogP contribution in [-0.4, -0.2) is 25.9 Å². The lowest BCUT2D eigenvalue weighted by Crippen LogP contribution is -2.15. The number of carbonyl (C=O) groups is 1. The molecule has 1 N–H and O–H groups in total. The molecule has 0 fully saturated rings. The molecular formula is C22H19Cl2N5O2. The molecular weight excluding hydrogens is 437 g/mol. The number of anilines is 1. The molecule has 158 valence electrons. The lowest BCUT2D eigenvalue weighted by Gasteiger charge is -2.08. The highest BCUT2D eigenvalue weighted by atomic mass is 35.5. The quantitative estimate of drug-likeness (QED) is 0.431. The summed E-state index contributed by atoms with van der Waals surface area (Å²) in [5.41, 5.74) is 3.91. The molecule has 4 rings (SSSR count). The molecule has 0 atom stereocenters. The summed E-state index contributed by atoms with van der Waals surface area (Å²) in [7, 11) is 0. The number of benzene rings is 2. The molecule has 0 bridgehead atoms. The Bertz CT molecular complexity index is 1260.